The van der Waals surface area contributed by atoms with E-state index in [0.717, 1.165) is 16.8 Å². The molecule has 0 unspecified atom stereocenters. The maximum atomic E-state index is 12.5. The molecule has 1 aromatic carbocycles. The number of esters is 1. The summed E-state index contributed by atoms with van der Waals surface area (Å²) in [5.74, 6) is -0.681. The summed E-state index contributed by atoms with van der Waals surface area (Å²) in [6.45, 7) is 9.51. The molecule has 0 atom stereocenters. The van der Waals surface area contributed by atoms with Gasteiger partial charge in [0.1, 0.15) is 5.69 Å². The lowest BCUT2D eigenvalue weighted by atomic mass is 10.1. The van der Waals surface area contributed by atoms with Crippen molar-refractivity contribution in [3.8, 4) is 0 Å². The molecule has 5 heteroatoms. The first-order valence-electron chi connectivity index (χ1n) is 7.60. The second kappa shape index (κ2) is 6.69. The number of aryl methyl sites for hydroxylation is 2. The Hall–Kier alpha value is -2.56. The van der Waals surface area contributed by atoms with Gasteiger partial charge in [0.15, 0.2) is 0 Å². The molecule has 1 amide bonds. The van der Waals surface area contributed by atoms with Gasteiger partial charge in [-0.25, -0.2) is 4.79 Å². The Morgan fingerprint density at radius 1 is 1.13 bits per heavy atom. The molecule has 5 nitrogen and oxygen atoms in total. The number of carbonyl (C=O) groups is 2. The van der Waals surface area contributed by atoms with Gasteiger partial charge in [0.25, 0.3) is 5.91 Å². The van der Waals surface area contributed by atoms with Gasteiger partial charge in [-0.1, -0.05) is 12.1 Å². The van der Waals surface area contributed by atoms with Crippen LogP contribution in [0.25, 0.3) is 0 Å². The summed E-state index contributed by atoms with van der Waals surface area (Å²) in [6.07, 6.45) is 0. The molecule has 122 valence electrons. The molecular formula is C18H22N2O3. The molecule has 1 aromatic heterocycles. The molecule has 0 spiro atoms. The SMILES string of the molecule is CCOC(=O)c1c(C)[nH]c(C(=O)Nc2cccc(C)c2C)c1C. The first-order chi connectivity index (χ1) is 10.9. The predicted octanol–water partition coefficient (Wildman–Crippen LogP) is 3.68. The monoisotopic (exact) mass is 314 g/mol. The molecule has 2 N–H and O–H groups in total. The quantitative estimate of drug-likeness (QED) is 0.846. The van der Waals surface area contributed by atoms with Crippen LogP contribution in [0, 0.1) is 27.7 Å². The summed E-state index contributed by atoms with van der Waals surface area (Å²) >= 11 is 0. The number of aromatic amines is 1. The summed E-state index contributed by atoms with van der Waals surface area (Å²) in [5.41, 5.74) is 4.93. The second-order valence-corrected chi connectivity index (χ2v) is 5.55. The van der Waals surface area contributed by atoms with Gasteiger partial charge in [-0.15, -0.1) is 0 Å². The van der Waals surface area contributed by atoms with Crippen molar-refractivity contribution in [2.45, 2.75) is 34.6 Å². The third-order valence-electron chi connectivity index (χ3n) is 4.00. The molecule has 0 saturated heterocycles. The van der Waals surface area contributed by atoms with E-state index in [0.29, 0.717) is 29.1 Å². The van der Waals surface area contributed by atoms with E-state index >= 15 is 0 Å². The van der Waals surface area contributed by atoms with Gasteiger partial charge in [-0.2, -0.15) is 0 Å². The fourth-order valence-electron chi connectivity index (χ4n) is 2.56. The topological polar surface area (TPSA) is 71.2 Å². The van der Waals surface area contributed by atoms with Gasteiger partial charge >= 0.3 is 5.97 Å². The zero-order chi connectivity index (χ0) is 17.1. The number of benzene rings is 1. The van der Waals surface area contributed by atoms with E-state index in [4.69, 9.17) is 4.74 Å². The summed E-state index contributed by atoms with van der Waals surface area (Å²) in [4.78, 5) is 27.5. The fraction of sp³-hybridized carbons (Fsp3) is 0.333. The lowest BCUT2D eigenvalue weighted by Gasteiger charge is -2.10. The number of nitrogens with one attached hydrogen (secondary N) is 2. The number of carbonyl (C=O) groups excluding carboxylic acids is 2. The Labute approximate surface area is 136 Å². The van der Waals surface area contributed by atoms with E-state index in [-0.39, 0.29) is 5.91 Å². The molecule has 0 radical (unpaired) electrons. The van der Waals surface area contributed by atoms with E-state index in [1.165, 1.54) is 0 Å². The van der Waals surface area contributed by atoms with Crippen molar-refractivity contribution < 1.29 is 14.3 Å². The molecule has 1 heterocycles. The maximum absolute atomic E-state index is 12.5. The van der Waals surface area contributed by atoms with E-state index in [1.54, 1.807) is 20.8 Å². The minimum Gasteiger partial charge on any atom is -0.462 e. The molecule has 2 rings (SSSR count). The van der Waals surface area contributed by atoms with Gasteiger partial charge < -0.3 is 15.0 Å². The van der Waals surface area contributed by atoms with Gasteiger partial charge in [0.2, 0.25) is 0 Å². The van der Waals surface area contributed by atoms with Crippen LogP contribution in [0.5, 0.6) is 0 Å². The van der Waals surface area contributed by atoms with Gasteiger partial charge in [0, 0.05) is 11.4 Å². The van der Waals surface area contributed by atoms with E-state index in [1.807, 2.05) is 32.0 Å². The van der Waals surface area contributed by atoms with E-state index < -0.39 is 5.97 Å². The predicted molar refractivity (Wildman–Crippen MR) is 90.1 cm³/mol. The molecule has 0 aliphatic heterocycles. The van der Waals surface area contributed by atoms with E-state index in [2.05, 4.69) is 10.3 Å². The Bertz CT molecular complexity index is 760. The third kappa shape index (κ3) is 3.28. The number of rotatable bonds is 4. The summed E-state index contributed by atoms with van der Waals surface area (Å²) in [5, 5.41) is 2.90. The number of amides is 1. The molecule has 0 aliphatic rings. The molecule has 23 heavy (non-hydrogen) atoms. The first kappa shape index (κ1) is 16.8. The Morgan fingerprint density at radius 2 is 1.83 bits per heavy atom. The minimum absolute atomic E-state index is 0.269. The number of ether oxygens (including phenoxy) is 1. The molecule has 2 aromatic rings. The highest BCUT2D eigenvalue weighted by molar-refractivity contribution is 6.07. The Morgan fingerprint density at radius 3 is 2.48 bits per heavy atom. The Kier molecular flexibility index (Phi) is 4.89. The highest BCUT2D eigenvalue weighted by Gasteiger charge is 2.23. The first-order valence-corrected chi connectivity index (χ1v) is 7.60. The van der Waals surface area contributed by atoms with Crippen LogP contribution in [0.3, 0.4) is 0 Å². The highest BCUT2D eigenvalue weighted by atomic mass is 16.5. The molecule has 0 fully saturated rings. The Balaban J connectivity index is 2.32. The van der Waals surface area contributed by atoms with Crippen molar-refractivity contribution >= 4 is 17.6 Å². The van der Waals surface area contributed by atoms with Gasteiger partial charge in [0.05, 0.1) is 12.2 Å². The average molecular weight is 314 g/mol. The van der Waals surface area contributed by atoms with Crippen LogP contribution in [-0.4, -0.2) is 23.5 Å². The number of anilines is 1. The molecular weight excluding hydrogens is 292 g/mol. The van der Waals surface area contributed by atoms with Crippen molar-refractivity contribution in [2.75, 3.05) is 11.9 Å². The maximum Gasteiger partial charge on any atom is 0.340 e. The van der Waals surface area contributed by atoms with Crippen LogP contribution in [0.2, 0.25) is 0 Å². The zero-order valence-electron chi connectivity index (χ0n) is 14.2. The summed E-state index contributed by atoms with van der Waals surface area (Å²) < 4.78 is 5.05. The lowest BCUT2D eigenvalue weighted by molar-refractivity contribution is 0.0525. The molecule has 0 aliphatic carbocycles. The number of H-pyrrole nitrogens is 1. The van der Waals surface area contributed by atoms with Crippen LogP contribution in [0.15, 0.2) is 18.2 Å². The van der Waals surface area contributed by atoms with Crippen molar-refractivity contribution in [3.63, 3.8) is 0 Å². The highest BCUT2D eigenvalue weighted by Crippen LogP contribution is 2.22. The second-order valence-electron chi connectivity index (χ2n) is 5.55. The van der Waals surface area contributed by atoms with Crippen LogP contribution in [0.4, 0.5) is 5.69 Å². The van der Waals surface area contributed by atoms with Crippen LogP contribution < -0.4 is 5.32 Å². The van der Waals surface area contributed by atoms with Crippen molar-refractivity contribution in [1.82, 2.24) is 4.98 Å². The minimum atomic E-state index is -0.412. The summed E-state index contributed by atoms with van der Waals surface area (Å²) in [6, 6.07) is 5.75. The van der Waals surface area contributed by atoms with Gasteiger partial charge in [-0.05, 0) is 57.4 Å². The fourth-order valence-corrected chi connectivity index (χ4v) is 2.56. The smallest absolute Gasteiger partial charge is 0.340 e. The lowest BCUT2D eigenvalue weighted by Crippen LogP contribution is -2.15. The standard InChI is InChI=1S/C18H22N2O3/c1-6-23-18(22)15-12(4)16(19-13(15)5)17(21)20-14-9-7-8-10(2)11(14)3/h7-9,19H,6H2,1-5H3,(H,20,21). The van der Waals surface area contributed by atoms with Gasteiger partial charge in [-0.3, -0.25) is 4.79 Å². The van der Waals surface area contributed by atoms with Crippen molar-refractivity contribution in [3.05, 3.63) is 51.8 Å². The average Bonchev–Trinajstić information content (AvgIpc) is 2.79. The zero-order valence-corrected chi connectivity index (χ0v) is 14.2. The van der Waals surface area contributed by atoms with Crippen molar-refractivity contribution in [2.24, 2.45) is 0 Å². The van der Waals surface area contributed by atoms with Crippen LogP contribution >= 0.6 is 0 Å². The third-order valence-corrected chi connectivity index (χ3v) is 4.00. The molecule has 0 bridgehead atoms. The van der Waals surface area contributed by atoms with Crippen LogP contribution in [0.1, 0.15) is 50.2 Å². The number of aromatic nitrogens is 1. The largest absolute Gasteiger partial charge is 0.462 e. The van der Waals surface area contributed by atoms with Crippen LogP contribution in [-0.2, 0) is 4.74 Å². The molecule has 0 saturated carbocycles. The number of hydrogen-bond acceptors (Lipinski definition) is 3. The van der Waals surface area contributed by atoms with Crippen molar-refractivity contribution in [1.29, 1.82) is 0 Å². The number of hydrogen-bond donors (Lipinski definition) is 2. The summed E-state index contributed by atoms with van der Waals surface area (Å²) in [7, 11) is 0. The normalized spacial score (nSPS) is 10.5. The van der Waals surface area contributed by atoms with E-state index in [9.17, 15) is 9.59 Å².